The van der Waals surface area contributed by atoms with Crippen molar-refractivity contribution in [2.24, 2.45) is 13.0 Å². The number of hydrogen-bond donors (Lipinski definition) is 1. The highest BCUT2D eigenvalue weighted by Crippen LogP contribution is 2.26. The fourth-order valence-electron chi connectivity index (χ4n) is 2.14. The zero-order valence-electron chi connectivity index (χ0n) is 9.31. The molecule has 5 heteroatoms. The van der Waals surface area contributed by atoms with Crippen molar-refractivity contribution in [1.82, 2.24) is 9.78 Å². The molecule has 0 spiro atoms. The number of hydrogen-bond acceptors (Lipinski definition) is 4. The Balaban J connectivity index is 2.04. The van der Waals surface area contributed by atoms with E-state index >= 15 is 0 Å². The van der Waals surface area contributed by atoms with Crippen LogP contribution in [-0.4, -0.2) is 36.6 Å². The number of nitrogens with two attached hydrogens (primary N) is 1. The summed E-state index contributed by atoms with van der Waals surface area (Å²) in [5.41, 5.74) is 6.64. The van der Waals surface area contributed by atoms with Gasteiger partial charge in [-0.25, -0.2) is 0 Å². The summed E-state index contributed by atoms with van der Waals surface area (Å²) < 4.78 is 6.92. The average molecular weight is 210 g/mol. The van der Waals surface area contributed by atoms with Crippen molar-refractivity contribution in [1.29, 1.82) is 0 Å². The average Bonchev–Trinajstić information content (AvgIpc) is 2.73. The Morgan fingerprint density at radius 3 is 3.07 bits per heavy atom. The Morgan fingerprint density at radius 1 is 1.67 bits per heavy atom. The van der Waals surface area contributed by atoms with Gasteiger partial charge in [0.25, 0.3) is 0 Å². The Hall–Kier alpha value is -1.23. The highest BCUT2D eigenvalue weighted by Gasteiger charge is 2.25. The SMILES string of the molecule is COCC1CCN(c2nn(C)cc2N)C1. The van der Waals surface area contributed by atoms with E-state index in [-0.39, 0.29) is 0 Å². The maximum absolute atomic E-state index is 5.88. The first-order chi connectivity index (χ1) is 7.20. The van der Waals surface area contributed by atoms with Crippen molar-refractivity contribution in [3.05, 3.63) is 6.20 Å². The Bertz CT molecular complexity index is 336. The van der Waals surface area contributed by atoms with Crippen LogP contribution < -0.4 is 10.6 Å². The van der Waals surface area contributed by atoms with E-state index in [2.05, 4.69) is 10.00 Å². The monoisotopic (exact) mass is 210 g/mol. The van der Waals surface area contributed by atoms with Crippen molar-refractivity contribution < 1.29 is 4.74 Å². The number of methoxy groups -OCH3 is 1. The van der Waals surface area contributed by atoms with Crippen molar-refractivity contribution in [2.45, 2.75) is 6.42 Å². The molecule has 84 valence electrons. The minimum atomic E-state index is 0.608. The zero-order valence-corrected chi connectivity index (χ0v) is 9.31. The van der Waals surface area contributed by atoms with E-state index in [1.807, 2.05) is 13.2 Å². The lowest BCUT2D eigenvalue weighted by atomic mass is 10.1. The Morgan fingerprint density at radius 2 is 2.47 bits per heavy atom. The summed E-state index contributed by atoms with van der Waals surface area (Å²) in [5, 5.41) is 4.36. The molecular weight excluding hydrogens is 192 g/mol. The lowest BCUT2D eigenvalue weighted by Crippen LogP contribution is -2.22. The second-order valence-electron chi connectivity index (χ2n) is 4.14. The summed E-state index contributed by atoms with van der Waals surface area (Å²) >= 11 is 0. The van der Waals surface area contributed by atoms with Crippen LogP contribution in [0.2, 0.25) is 0 Å². The minimum Gasteiger partial charge on any atom is -0.394 e. The van der Waals surface area contributed by atoms with Gasteiger partial charge in [-0.05, 0) is 6.42 Å². The normalized spacial score (nSPS) is 21.2. The number of nitrogens with zero attached hydrogens (tertiary/aromatic N) is 3. The van der Waals surface area contributed by atoms with E-state index in [0.717, 1.165) is 37.6 Å². The number of aromatic nitrogens is 2. The third kappa shape index (κ3) is 2.07. The van der Waals surface area contributed by atoms with Gasteiger partial charge in [-0.3, -0.25) is 4.68 Å². The summed E-state index contributed by atoms with van der Waals surface area (Å²) in [7, 11) is 3.64. The first-order valence-electron chi connectivity index (χ1n) is 5.23. The molecule has 1 aromatic heterocycles. The van der Waals surface area contributed by atoms with Gasteiger partial charge in [0.1, 0.15) is 0 Å². The molecule has 1 fully saturated rings. The number of rotatable bonds is 3. The number of aryl methyl sites for hydroxylation is 1. The van der Waals surface area contributed by atoms with Gasteiger partial charge in [0.15, 0.2) is 5.82 Å². The Kier molecular flexibility index (Phi) is 2.81. The van der Waals surface area contributed by atoms with E-state index in [0.29, 0.717) is 5.92 Å². The van der Waals surface area contributed by atoms with Gasteiger partial charge in [-0.1, -0.05) is 0 Å². The fourth-order valence-corrected chi connectivity index (χ4v) is 2.14. The predicted octanol–water partition coefficient (Wildman–Crippen LogP) is 0.475. The van der Waals surface area contributed by atoms with Gasteiger partial charge in [0.2, 0.25) is 0 Å². The van der Waals surface area contributed by atoms with E-state index < -0.39 is 0 Å². The van der Waals surface area contributed by atoms with Crippen molar-refractivity contribution in [3.63, 3.8) is 0 Å². The maximum atomic E-state index is 5.88. The number of nitrogen functional groups attached to an aromatic ring is 1. The van der Waals surface area contributed by atoms with Crippen LogP contribution in [-0.2, 0) is 11.8 Å². The van der Waals surface area contributed by atoms with Crippen molar-refractivity contribution in [3.8, 4) is 0 Å². The van der Waals surface area contributed by atoms with Gasteiger partial charge in [0.05, 0.1) is 12.3 Å². The molecule has 2 rings (SSSR count). The summed E-state index contributed by atoms with van der Waals surface area (Å²) in [5.74, 6) is 1.52. The van der Waals surface area contributed by atoms with Gasteiger partial charge in [-0.15, -0.1) is 0 Å². The number of ether oxygens (including phenoxy) is 1. The first-order valence-corrected chi connectivity index (χ1v) is 5.23. The molecule has 2 heterocycles. The highest BCUT2D eigenvalue weighted by molar-refractivity contribution is 5.62. The molecule has 15 heavy (non-hydrogen) atoms. The first kappa shape index (κ1) is 10.3. The molecule has 1 aliphatic heterocycles. The molecule has 0 radical (unpaired) electrons. The maximum Gasteiger partial charge on any atom is 0.173 e. The molecule has 0 saturated carbocycles. The minimum absolute atomic E-state index is 0.608. The molecule has 1 unspecified atom stereocenters. The van der Waals surface area contributed by atoms with Crippen LogP contribution in [0.1, 0.15) is 6.42 Å². The van der Waals surface area contributed by atoms with Gasteiger partial charge < -0.3 is 15.4 Å². The third-order valence-electron chi connectivity index (χ3n) is 2.82. The van der Waals surface area contributed by atoms with Crippen LogP contribution in [0.4, 0.5) is 11.5 Å². The summed E-state index contributed by atoms with van der Waals surface area (Å²) in [4.78, 5) is 2.24. The molecule has 0 amide bonds. The van der Waals surface area contributed by atoms with Gasteiger partial charge >= 0.3 is 0 Å². The molecule has 0 aliphatic carbocycles. The molecule has 2 N–H and O–H groups in total. The Labute approximate surface area is 89.8 Å². The molecule has 5 nitrogen and oxygen atoms in total. The predicted molar refractivity (Wildman–Crippen MR) is 59.8 cm³/mol. The topological polar surface area (TPSA) is 56.3 Å². The van der Waals surface area contributed by atoms with Crippen LogP contribution in [0, 0.1) is 5.92 Å². The van der Waals surface area contributed by atoms with Gasteiger partial charge in [0, 0.05) is 39.4 Å². The summed E-state index contributed by atoms with van der Waals surface area (Å²) in [6, 6.07) is 0. The van der Waals surface area contributed by atoms with E-state index in [9.17, 15) is 0 Å². The highest BCUT2D eigenvalue weighted by atomic mass is 16.5. The molecule has 1 saturated heterocycles. The summed E-state index contributed by atoms with van der Waals surface area (Å²) in [6.07, 6.45) is 3.00. The molecular formula is C10H18N4O. The fraction of sp³-hybridized carbons (Fsp3) is 0.700. The number of anilines is 2. The van der Waals surface area contributed by atoms with Gasteiger partial charge in [-0.2, -0.15) is 5.10 Å². The van der Waals surface area contributed by atoms with Crippen LogP contribution in [0.25, 0.3) is 0 Å². The van der Waals surface area contributed by atoms with Crippen molar-refractivity contribution >= 4 is 11.5 Å². The molecule has 0 bridgehead atoms. The van der Waals surface area contributed by atoms with Crippen LogP contribution in [0.5, 0.6) is 0 Å². The van der Waals surface area contributed by atoms with E-state index in [4.69, 9.17) is 10.5 Å². The third-order valence-corrected chi connectivity index (χ3v) is 2.82. The lowest BCUT2D eigenvalue weighted by molar-refractivity contribution is 0.161. The summed E-state index contributed by atoms with van der Waals surface area (Å²) in [6.45, 7) is 2.84. The quantitative estimate of drug-likeness (QED) is 0.788. The molecule has 0 aromatic carbocycles. The molecule has 1 atom stereocenters. The molecule has 1 aromatic rings. The van der Waals surface area contributed by atoms with Crippen molar-refractivity contribution in [2.75, 3.05) is 37.4 Å². The van der Waals surface area contributed by atoms with E-state index in [1.165, 1.54) is 0 Å². The van der Waals surface area contributed by atoms with Crippen LogP contribution in [0.15, 0.2) is 6.20 Å². The second-order valence-corrected chi connectivity index (χ2v) is 4.14. The van der Waals surface area contributed by atoms with Crippen LogP contribution >= 0.6 is 0 Å². The standard InChI is InChI=1S/C10H18N4O/c1-13-6-9(11)10(12-13)14-4-3-8(5-14)7-15-2/h6,8H,3-5,7,11H2,1-2H3. The zero-order chi connectivity index (χ0) is 10.8. The van der Waals surface area contributed by atoms with E-state index in [1.54, 1.807) is 11.8 Å². The largest absolute Gasteiger partial charge is 0.394 e. The second kappa shape index (κ2) is 4.10. The lowest BCUT2D eigenvalue weighted by Gasteiger charge is -2.15. The smallest absolute Gasteiger partial charge is 0.173 e. The molecule has 1 aliphatic rings. The van der Waals surface area contributed by atoms with Crippen LogP contribution in [0.3, 0.4) is 0 Å².